The zero-order chi connectivity index (χ0) is 0. The van der Waals surface area contributed by atoms with Crippen molar-refractivity contribution in [1.82, 2.24) is 0 Å². The molecule has 0 heterocycles. The molecule has 0 N–H and O–H groups in total. The summed E-state index contributed by atoms with van der Waals surface area (Å²) in [6.07, 6.45) is 0. The number of hydrogen-bond donors (Lipinski definition) is 0. The fraction of sp³-hybridized carbons (Fsp3) is 0. The van der Waals surface area contributed by atoms with Crippen LogP contribution in [-0.2, 0) is 50.9 Å². The van der Waals surface area contributed by atoms with Crippen molar-refractivity contribution in [2.45, 2.75) is 0 Å². The summed E-state index contributed by atoms with van der Waals surface area (Å²) in [6.45, 7) is 0. The Kier molecular flexibility index (Phi) is 191. The quantitative estimate of drug-likeness (QED) is 0.390. The summed E-state index contributed by atoms with van der Waals surface area (Å²) in [5, 5.41) is 0. The van der Waals surface area contributed by atoms with Crippen LogP contribution in [0.3, 0.4) is 0 Å². The molecule has 0 aromatic heterocycles. The van der Waals surface area contributed by atoms with E-state index in [0.29, 0.717) is 0 Å². The zero-order valence-electron chi connectivity index (χ0n) is 1.73. The van der Waals surface area contributed by atoms with E-state index in [0.717, 1.165) is 0 Å². The first-order chi connectivity index (χ1) is 0. The molecule has 0 aromatic carbocycles. The van der Waals surface area contributed by atoms with Gasteiger partial charge >= 0.3 is 0 Å². The molecular formula is H3CrCuNiP. The SMILES string of the molecule is P.[Cr].[Cu].[Ni]. The van der Waals surface area contributed by atoms with Gasteiger partial charge in [-0.15, -0.1) is 0 Å². The molecule has 4 heteroatoms. The predicted octanol–water partition coefficient (Wildman–Crippen LogP) is 0.0506. The summed E-state index contributed by atoms with van der Waals surface area (Å²) in [4.78, 5) is 0. The Labute approximate surface area is 60.6 Å². The van der Waals surface area contributed by atoms with Gasteiger partial charge < -0.3 is 0 Å². The number of hydrogen-bond acceptors (Lipinski definition) is 0. The van der Waals surface area contributed by atoms with E-state index < -0.39 is 0 Å². The van der Waals surface area contributed by atoms with E-state index in [4.69, 9.17) is 0 Å². The van der Waals surface area contributed by atoms with E-state index in [1.165, 1.54) is 0 Å². The van der Waals surface area contributed by atoms with Crippen LogP contribution < -0.4 is 0 Å². The van der Waals surface area contributed by atoms with Crippen LogP contribution >= 0.6 is 9.90 Å². The van der Waals surface area contributed by atoms with E-state index in [1.54, 1.807) is 0 Å². The molecule has 0 saturated heterocycles. The van der Waals surface area contributed by atoms with Gasteiger partial charge in [-0.25, -0.2) is 0 Å². The van der Waals surface area contributed by atoms with E-state index in [9.17, 15) is 0 Å². The van der Waals surface area contributed by atoms with Crippen molar-refractivity contribution >= 4 is 9.90 Å². The Morgan fingerprint density at radius 3 is 1.00 bits per heavy atom. The third-order valence-electron chi connectivity index (χ3n) is 0. The topological polar surface area (TPSA) is 0 Å². The smallest absolute Gasteiger partial charge is 0 e. The molecule has 0 aliphatic heterocycles. The molecule has 1 unspecified atom stereocenters. The third kappa shape index (κ3) is 9.02. The molecule has 0 fully saturated rings. The average molecular weight is 208 g/mol. The second-order valence-electron chi connectivity index (χ2n) is 0. The molecule has 35 valence electrons. The van der Waals surface area contributed by atoms with Gasteiger partial charge in [-0.2, -0.15) is 9.90 Å². The maximum Gasteiger partial charge on any atom is 0 e. The fourth-order valence-corrected chi connectivity index (χ4v) is 0. The summed E-state index contributed by atoms with van der Waals surface area (Å²) in [5.41, 5.74) is 0. The van der Waals surface area contributed by atoms with Crippen molar-refractivity contribution < 1.29 is 50.9 Å². The first kappa shape index (κ1) is 37.9. The van der Waals surface area contributed by atoms with Gasteiger partial charge in [-0.05, 0) is 0 Å². The predicted molar refractivity (Wildman–Crippen MR) is 11.1 cm³/mol. The summed E-state index contributed by atoms with van der Waals surface area (Å²) in [5.74, 6) is 0. The van der Waals surface area contributed by atoms with Gasteiger partial charge in [-0.3, -0.25) is 0 Å². The molecule has 0 aliphatic carbocycles. The Hall–Kier alpha value is 1.98. The first-order valence-electron chi connectivity index (χ1n) is 0. The van der Waals surface area contributed by atoms with Crippen LogP contribution in [0, 0.1) is 0 Å². The van der Waals surface area contributed by atoms with Crippen LogP contribution in [0.4, 0.5) is 0 Å². The van der Waals surface area contributed by atoms with Gasteiger partial charge in [0, 0.05) is 50.9 Å². The molecular weight excluding hydrogens is 205 g/mol. The first-order valence-corrected chi connectivity index (χ1v) is 0. The molecule has 0 spiro atoms. The van der Waals surface area contributed by atoms with Crippen LogP contribution in [0.2, 0.25) is 0 Å². The molecule has 0 rings (SSSR count). The third-order valence-corrected chi connectivity index (χ3v) is 0. The van der Waals surface area contributed by atoms with E-state index in [1.807, 2.05) is 0 Å². The summed E-state index contributed by atoms with van der Waals surface area (Å²) in [6, 6.07) is 0. The normalized spacial score (nSPS) is 0. The van der Waals surface area contributed by atoms with E-state index in [-0.39, 0.29) is 60.8 Å². The Balaban J connectivity index is 0. The van der Waals surface area contributed by atoms with Crippen LogP contribution in [0.5, 0.6) is 0 Å². The Morgan fingerprint density at radius 2 is 1.00 bits per heavy atom. The van der Waals surface area contributed by atoms with E-state index in [2.05, 4.69) is 0 Å². The van der Waals surface area contributed by atoms with Crippen LogP contribution in [0.25, 0.3) is 0 Å². The monoisotopic (exact) mass is 207 g/mol. The van der Waals surface area contributed by atoms with Gasteiger partial charge in [0.05, 0.1) is 0 Å². The van der Waals surface area contributed by atoms with Gasteiger partial charge in [-0.1, -0.05) is 0 Å². The molecule has 1 radical (unpaired) electrons. The molecule has 0 aromatic rings. The van der Waals surface area contributed by atoms with Crippen LogP contribution in [-0.4, -0.2) is 0 Å². The minimum absolute atomic E-state index is 0. The van der Waals surface area contributed by atoms with Crippen molar-refractivity contribution in [3.63, 3.8) is 0 Å². The van der Waals surface area contributed by atoms with Crippen molar-refractivity contribution in [3.8, 4) is 0 Å². The van der Waals surface area contributed by atoms with Crippen molar-refractivity contribution in [3.05, 3.63) is 0 Å². The minimum atomic E-state index is 0. The molecule has 4 heavy (non-hydrogen) atoms. The summed E-state index contributed by atoms with van der Waals surface area (Å²) in [7, 11) is 0. The molecule has 0 nitrogen and oxygen atoms in total. The van der Waals surface area contributed by atoms with E-state index >= 15 is 0 Å². The largest absolute Gasteiger partial charge is 0.153 e. The fourth-order valence-electron chi connectivity index (χ4n) is 0. The summed E-state index contributed by atoms with van der Waals surface area (Å²) < 4.78 is 0. The average Bonchev–Trinajstić information content (AvgIpc) is 0. The Morgan fingerprint density at radius 1 is 1.00 bits per heavy atom. The van der Waals surface area contributed by atoms with Crippen molar-refractivity contribution in [1.29, 1.82) is 0 Å². The number of rotatable bonds is 0. The second-order valence-corrected chi connectivity index (χ2v) is 0. The van der Waals surface area contributed by atoms with Crippen LogP contribution in [0.15, 0.2) is 0 Å². The van der Waals surface area contributed by atoms with Gasteiger partial charge in [0.1, 0.15) is 0 Å². The minimum Gasteiger partial charge on any atom is -0.153 e. The van der Waals surface area contributed by atoms with Gasteiger partial charge in [0.15, 0.2) is 0 Å². The standard InChI is InChI=1S/Cr.Cu.Ni.H3P/h;;;1H3. The van der Waals surface area contributed by atoms with Crippen molar-refractivity contribution in [2.24, 2.45) is 0 Å². The van der Waals surface area contributed by atoms with Crippen LogP contribution in [0.1, 0.15) is 0 Å². The maximum atomic E-state index is 0. The molecule has 0 amide bonds. The zero-order valence-corrected chi connectivity index (χ0v) is 6.35. The second kappa shape index (κ2) is 20.1. The molecule has 0 aliphatic rings. The summed E-state index contributed by atoms with van der Waals surface area (Å²) >= 11 is 0. The molecule has 0 bridgehead atoms. The Bertz CT molecular complexity index is 8.00. The molecule has 1 atom stereocenters. The van der Waals surface area contributed by atoms with Gasteiger partial charge in [0.25, 0.3) is 0 Å². The van der Waals surface area contributed by atoms with Gasteiger partial charge in [0.2, 0.25) is 0 Å². The maximum absolute atomic E-state index is 0. The molecule has 0 saturated carbocycles. The van der Waals surface area contributed by atoms with Crippen molar-refractivity contribution in [2.75, 3.05) is 0 Å².